The van der Waals surface area contributed by atoms with E-state index in [0.717, 1.165) is 11.8 Å². The summed E-state index contributed by atoms with van der Waals surface area (Å²) in [5, 5.41) is 3.77. The number of hydrogen-bond donors (Lipinski definition) is 1. The van der Waals surface area contributed by atoms with Gasteiger partial charge in [0.25, 0.3) is 0 Å². The topological polar surface area (TPSA) is 12.0 Å². The summed E-state index contributed by atoms with van der Waals surface area (Å²) in [4.78, 5) is 0. The van der Waals surface area contributed by atoms with Crippen molar-refractivity contribution in [1.29, 1.82) is 0 Å². The molecule has 0 heterocycles. The highest BCUT2D eigenvalue weighted by Crippen LogP contribution is 2.40. The first kappa shape index (κ1) is 14.1. The zero-order valence-corrected chi connectivity index (χ0v) is 13.2. The molecule has 2 unspecified atom stereocenters. The molecule has 0 radical (unpaired) electrons. The Morgan fingerprint density at radius 3 is 2.56 bits per heavy atom. The standard InChI is InChI=1S/C16H24BrN/c1-4-11(2)12(3)18-14-9-13(10-14)15-7-5-6-8-16(15)17/h5-8,11-14,18H,4,9-10H2,1-3H3. The predicted octanol–water partition coefficient (Wildman–Crippen LogP) is 4.72. The van der Waals surface area contributed by atoms with E-state index in [0.29, 0.717) is 12.1 Å². The molecule has 0 aliphatic heterocycles. The molecule has 18 heavy (non-hydrogen) atoms. The second-order valence-corrected chi connectivity index (χ2v) is 6.58. The molecule has 1 saturated carbocycles. The van der Waals surface area contributed by atoms with Crippen molar-refractivity contribution < 1.29 is 0 Å². The van der Waals surface area contributed by atoms with Gasteiger partial charge in [-0.15, -0.1) is 0 Å². The van der Waals surface area contributed by atoms with Crippen molar-refractivity contribution in [2.75, 3.05) is 0 Å². The number of benzene rings is 1. The van der Waals surface area contributed by atoms with Gasteiger partial charge in [-0.05, 0) is 43.2 Å². The molecule has 1 aromatic rings. The molecule has 1 aromatic carbocycles. The Morgan fingerprint density at radius 2 is 1.94 bits per heavy atom. The average Bonchev–Trinajstić information content (AvgIpc) is 2.33. The highest BCUT2D eigenvalue weighted by molar-refractivity contribution is 9.10. The summed E-state index contributed by atoms with van der Waals surface area (Å²) >= 11 is 3.66. The van der Waals surface area contributed by atoms with Crippen LogP contribution >= 0.6 is 15.9 Å². The van der Waals surface area contributed by atoms with Gasteiger partial charge in [0.1, 0.15) is 0 Å². The van der Waals surface area contributed by atoms with E-state index in [1.807, 2.05) is 0 Å². The van der Waals surface area contributed by atoms with Crippen molar-refractivity contribution in [2.24, 2.45) is 5.92 Å². The highest BCUT2D eigenvalue weighted by atomic mass is 79.9. The van der Waals surface area contributed by atoms with Crippen molar-refractivity contribution in [1.82, 2.24) is 5.32 Å². The monoisotopic (exact) mass is 309 g/mol. The number of halogens is 1. The van der Waals surface area contributed by atoms with Crippen LogP contribution in [0, 0.1) is 5.92 Å². The van der Waals surface area contributed by atoms with E-state index in [4.69, 9.17) is 0 Å². The number of hydrogen-bond acceptors (Lipinski definition) is 1. The normalized spacial score (nSPS) is 26.4. The molecule has 2 rings (SSSR count). The summed E-state index contributed by atoms with van der Waals surface area (Å²) in [5.41, 5.74) is 1.48. The summed E-state index contributed by atoms with van der Waals surface area (Å²) in [6, 6.07) is 9.99. The summed E-state index contributed by atoms with van der Waals surface area (Å²) in [6.07, 6.45) is 3.82. The van der Waals surface area contributed by atoms with Crippen molar-refractivity contribution in [3.8, 4) is 0 Å². The van der Waals surface area contributed by atoms with Gasteiger partial charge in [0.2, 0.25) is 0 Å². The van der Waals surface area contributed by atoms with Gasteiger partial charge in [0.15, 0.2) is 0 Å². The van der Waals surface area contributed by atoms with E-state index in [9.17, 15) is 0 Å². The zero-order chi connectivity index (χ0) is 13.1. The maximum Gasteiger partial charge on any atom is 0.0210 e. The Hall–Kier alpha value is -0.340. The van der Waals surface area contributed by atoms with Gasteiger partial charge in [0.05, 0.1) is 0 Å². The minimum atomic E-state index is 0.639. The molecule has 1 aliphatic rings. The maximum absolute atomic E-state index is 3.77. The fraction of sp³-hybridized carbons (Fsp3) is 0.625. The molecule has 0 bridgehead atoms. The van der Waals surface area contributed by atoms with Crippen LogP contribution in [0.1, 0.15) is 51.5 Å². The Balaban J connectivity index is 1.82. The third-order valence-corrected chi connectivity index (χ3v) is 5.20. The smallest absolute Gasteiger partial charge is 0.0210 e. The molecular weight excluding hydrogens is 286 g/mol. The van der Waals surface area contributed by atoms with Crippen molar-refractivity contribution in [3.63, 3.8) is 0 Å². The first-order valence-corrected chi connectivity index (χ1v) is 7.91. The lowest BCUT2D eigenvalue weighted by molar-refractivity contribution is 0.241. The lowest BCUT2D eigenvalue weighted by Crippen LogP contribution is -2.46. The second-order valence-electron chi connectivity index (χ2n) is 5.73. The fourth-order valence-electron chi connectivity index (χ4n) is 2.70. The lowest BCUT2D eigenvalue weighted by Gasteiger charge is -2.39. The molecule has 2 heteroatoms. The van der Waals surface area contributed by atoms with Crippen molar-refractivity contribution >= 4 is 15.9 Å². The van der Waals surface area contributed by atoms with E-state index >= 15 is 0 Å². The van der Waals surface area contributed by atoms with Crippen molar-refractivity contribution in [3.05, 3.63) is 34.3 Å². The molecule has 1 N–H and O–H groups in total. The highest BCUT2D eigenvalue weighted by Gasteiger charge is 2.32. The van der Waals surface area contributed by atoms with Gasteiger partial charge in [-0.3, -0.25) is 0 Å². The van der Waals surface area contributed by atoms with Crippen LogP contribution < -0.4 is 5.32 Å². The average molecular weight is 310 g/mol. The lowest BCUT2D eigenvalue weighted by atomic mass is 9.75. The van der Waals surface area contributed by atoms with Crippen LogP contribution in [0.5, 0.6) is 0 Å². The van der Waals surface area contributed by atoms with E-state index in [2.05, 4.69) is 66.3 Å². The number of rotatable bonds is 5. The van der Waals surface area contributed by atoms with E-state index in [1.54, 1.807) is 0 Å². The first-order chi connectivity index (χ1) is 8.61. The van der Waals surface area contributed by atoms with E-state index in [-0.39, 0.29) is 0 Å². The van der Waals surface area contributed by atoms with Crippen LogP contribution in [-0.4, -0.2) is 12.1 Å². The number of nitrogens with one attached hydrogen (secondary N) is 1. The van der Waals surface area contributed by atoms with Gasteiger partial charge in [-0.2, -0.15) is 0 Å². The summed E-state index contributed by atoms with van der Waals surface area (Å²) in [6.45, 7) is 6.93. The van der Waals surface area contributed by atoms with Crippen molar-refractivity contribution in [2.45, 2.75) is 58.0 Å². The molecule has 1 fully saturated rings. The predicted molar refractivity (Wildman–Crippen MR) is 82.0 cm³/mol. The van der Waals surface area contributed by atoms with Gasteiger partial charge in [0, 0.05) is 16.6 Å². The third kappa shape index (κ3) is 3.16. The van der Waals surface area contributed by atoms with Crippen LogP contribution in [0.4, 0.5) is 0 Å². The molecule has 1 nitrogen and oxygen atoms in total. The first-order valence-electron chi connectivity index (χ1n) is 7.12. The molecule has 1 aliphatic carbocycles. The van der Waals surface area contributed by atoms with Crippen LogP contribution in [0.2, 0.25) is 0 Å². The second kappa shape index (κ2) is 6.21. The fourth-order valence-corrected chi connectivity index (χ4v) is 3.31. The Labute approximate surface area is 119 Å². The molecule has 0 spiro atoms. The summed E-state index contributed by atoms with van der Waals surface area (Å²) in [7, 11) is 0. The third-order valence-electron chi connectivity index (χ3n) is 4.48. The summed E-state index contributed by atoms with van der Waals surface area (Å²) < 4.78 is 1.27. The van der Waals surface area contributed by atoms with Gasteiger partial charge < -0.3 is 5.32 Å². The van der Waals surface area contributed by atoms with E-state index in [1.165, 1.54) is 29.3 Å². The van der Waals surface area contributed by atoms with Crippen LogP contribution in [0.25, 0.3) is 0 Å². The van der Waals surface area contributed by atoms with Crippen LogP contribution in [0.3, 0.4) is 0 Å². The SMILES string of the molecule is CCC(C)C(C)NC1CC(c2ccccc2Br)C1. The Morgan fingerprint density at radius 1 is 1.28 bits per heavy atom. The molecule has 100 valence electrons. The summed E-state index contributed by atoms with van der Waals surface area (Å²) in [5.74, 6) is 1.51. The minimum Gasteiger partial charge on any atom is -0.311 e. The minimum absolute atomic E-state index is 0.639. The molecule has 0 aromatic heterocycles. The molecule has 2 atom stereocenters. The van der Waals surface area contributed by atoms with Crippen LogP contribution in [0.15, 0.2) is 28.7 Å². The maximum atomic E-state index is 3.77. The quantitative estimate of drug-likeness (QED) is 0.830. The van der Waals surface area contributed by atoms with Gasteiger partial charge >= 0.3 is 0 Å². The molecule has 0 saturated heterocycles. The van der Waals surface area contributed by atoms with Gasteiger partial charge in [-0.25, -0.2) is 0 Å². The van der Waals surface area contributed by atoms with E-state index < -0.39 is 0 Å². The van der Waals surface area contributed by atoms with Crippen LogP contribution in [-0.2, 0) is 0 Å². The molecule has 0 amide bonds. The van der Waals surface area contributed by atoms with Gasteiger partial charge in [-0.1, -0.05) is 54.4 Å². The molecular formula is C16H24BrN. The Bertz CT molecular complexity index is 384. The Kier molecular flexibility index (Phi) is 4.85. The zero-order valence-electron chi connectivity index (χ0n) is 11.6. The largest absolute Gasteiger partial charge is 0.311 e.